The molecule has 2 amide bonds. The van der Waals surface area contributed by atoms with Crippen molar-refractivity contribution in [1.82, 2.24) is 4.90 Å². The highest BCUT2D eigenvalue weighted by atomic mass is 16.5. The predicted octanol–water partition coefficient (Wildman–Crippen LogP) is 1.93. The second-order valence-corrected chi connectivity index (χ2v) is 3.87. The van der Waals surface area contributed by atoms with Gasteiger partial charge >= 0.3 is 6.03 Å². The molecule has 18 heavy (non-hydrogen) atoms. The number of amides is 2. The minimum absolute atomic E-state index is 0.0362. The zero-order valence-corrected chi connectivity index (χ0v) is 10.8. The molecule has 0 heterocycles. The molecular formula is C13H20N2O3. The Balaban J connectivity index is 2.66. The number of hydrogen-bond acceptors (Lipinski definition) is 3. The molecule has 0 aliphatic rings. The molecule has 0 bridgehead atoms. The quantitative estimate of drug-likeness (QED) is 0.813. The van der Waals surface area contributed by atoms with Gasteiger partial charge in [-0.3, -0.25) is 0 Å². The van der Waals surface area contributed by atoms with Gasteiger partial charge in [0.25, 0.3) is 0 Å². The molecule has 1 aromatic rings. The average Bonchev–Trinajstić information content (AvgIpc) is 2.38. The molecule has 0 aliphatic heterocycles. The van der Waals surface area contributed by atoms with Gasteiger partial charge in [0.05, 0.1) is 13.7 Å². The predicted molar refractivity (Wildman–Crippen MR) is 71.0 cm³/mol. The fraction of sp³-hybridized carbons (Fsp3) is 0.462. The summed E-state index contributed by atoms with van der Waals surface area (Å²) in [5.74, 6) is 0.692. The van der Waals surface area contributed by atoms with Gasteiger partial charge in [0.1, 0.15) is 5.75 Å². The number of ether oxygens (including phenoxy) is 1. The van der Waals surface area contributed by atoms with Crippen LogP contribution in [-0.4, -0.2) is 42.8 Å². The first-order chi connectivity index (χ1) is 8.71. The third-order valence-electron chi connectivity index (χ3n) is 2.47. The summed E-state index contributed by atoms with van der Waals surface area (Å²) in [5, 5.41) is 11.7. The smallest absolute Gasteiger partial charge is 0.321 e. The molecule has 0 aromatic heterocycles. The molecule has 5 nitrogen and oxygen atoms in total. The van der Waals surface area contributed by atoms with Crippen molar-refractivity contribution in [3.8, 4) is 5.75 Å². The molecule has 0 saturated carbocycles. The highest BCUT2D eigenvalue weighted by Crippen LogP contribution is 2.17. The van der Waals surface area contributed by atoms with Crippen LogP contribution in [0.4, 0.5) is 10.5 Å². The number of urea groups is 1. The van der Waals surface area contributed by atoms with E-state index in [1.165, 1.54) is 0 Å². The van der Waals surface area contributed by atoms with Crippen molar-refractivity contribution in [2.75, 3.05) is 32.1 Å². The van der Waals surface area contributed by atoms with E-state index in [2.05, 4.69) is 5.32 Å². The summed E-state index contributed by atoms with van der Waals surface area (Å²) in [6.07, 6.45) is 0.853. The Hall–Kier alpha value is -1.75. The number of benzene rings is 1. The number of rotatable bonds is 6. The minimum Gasteiger partial charge on any atom is -0.497 e. The number of nitrogens with one attached hydrogen (secondary N) is 1. The molecule has 1 aromatic carbocycles. The van der Waals surface area contributed by atoms with Crippen LogP contribution in [0.15, 0.2) is 24.3 Å². The maximum absolute atomic E-state index is 12.0. The minimum atomic E-state index is -0.209. The molecule has 0 spiro atoms. The molecule has 100 valence electrons. The van der Waals surface area contributed by atoms with Gasteiger partial charge in [0, 0.05) is 24.8 Å². The normalized spacial score (nSPS) is 9.94. The van der Waals surface area contributed by atoms with Crippen molar-refractivity contribution >= 4 is 11.7 Å². The molecule has 0 unspecified atom stereocenters. The Morgan fingerprint density at radius 3 is 2.83 bits per heavy atom. The van der Waals surface area contributed by atoms with E-state index in [1.54, 1.807) is 24.1 Å². The topological polar surface area (TPSA) is 61.8 Å². The Morgan fingerprint density at radius 1 is 1.44 bits per heavy atom. The van der Waals surface area contributed by atoms with Crippen LogP contribution < -0.4 is 10.1 Å². The summed E-state index contributed by atoms with van der Waals surface area (Å²) < 4.78 is 5.09. The van der Waals surface area contributed by atoms with E-state index in [0.29, 0.717) is 24.5 Å². The van der Waals surface area contributed by atoms with Gasteiger partial charge in [-0.05, 0) is 18.6 Å². The van der Waals surface area contributed by atoms with E-state index >= 15 is 0 Å². The molecule has 0 fully saturated rings. The monoisotopic (exact) mass is 252 g/mol. The lowest BCUT2D eigenvalue weighted by Crippen LogP contribution is -2.37. The molecule has 0 aliphatic carbocycles. The molecule has 0 atom stereocenters. The highest BCUT2D eigenvalue weighted by Gasteiger charge is 2.11. The van der Waals surface area contributed by atoms with Gasteiger partial charge in [-0.15, -0.1) is 0 Å². The molecule has 1 rings (SSSR count). The van der Waals surface area contributed by atoms with Crippen molar-refractivity contribution < 1.29 is 14.6 Å². The van der Waals surface area contributed by atoms with Gasteiger partial charge in [-0.2, -0.15) is 0 Å². The number of methoxy groups -OCH3 is 1. The summed E-state index contributed by atoms with van der Waals surface area (Å²) in [6.45, 7) is 2.91. The van der Waals surface area contributed by atoms with Gasteiger partial charge < -0.3 is 20.1 Å². The van der Waals surface area contributed by atoms with Crippen molar-refractivity contribution in [3.63, 3.8) is 0 Å². The summed E-state index contributed by atoms with van der Waals surface area (Å²) >= 11 is 0. The van der Waals surface area contributed by atoms with Crippen molar-refractivity contribution in [2.45, 2.75) is 13.3 Å². The molecule has 0 saturated heterocycles. The Bertz CT molecular complexity index is 376. The van der Waals surface area contributed by atoms with Crippen LogP contribution in [0.25, 0.3) is 0 Å². The fourth-order valence-corrected chi connectivity index (χ4v) is 1.61. The zero-order chi connectivity index (χ0) is 13.4. The van der Waals surface area contributed by atoms with Crippen LogP contribution in [0, 0.1) is 0 Å². The molecule has 5 heteroatoms. The van der Waals surface area contributed by atoms with Crippen molar-refractivity contribution in [2.24, 2.45) is 0 Å². The Kier molecular flexibility index (Phi) is 6.00. The number of nitrogens with zero attached hydrogens (tertiary/aromatic N) is 1. The number of carbonyl (C=O) groups excluding carboxylic acids is 1. The highest BCUT2D eigenvalue weighted by molar-refractivity contribution is 5.89. The summed E-state index contributed by atoms with van der Waals surface area (Å²) in [5.41, 5.74) is 0.679. The number of aliphatic hydroxyl groups excluding tert-OH is 1. The first-order valence-corrected chi connectivity index (χ1v) is 6.02. The maximum atomic E-state index is 12.0. The largest absolute Gasteiger partial charge is 0.497 e. The van der Waals surface area contributed by atoms with E-state index < -0.39 is 0 Å². The third-order valence-corrected chi connectivity index (χ3v) is 2.47. The van der Waals surface area contributed by atoms with E-state index in [9.17, 15) is 4.79 Å². The van der Waals surface area contributed by atoms with Crippen LogP contribution >= 0.6 is 0 Å². The first kappa shape index (κ1) is 14.3. The lowest BCUT2D eigenvalue weighted by atomic mass is 10.3. The van der Waals surface area contributed by atoms with E-state index in [4.69, 9.17) is 9.84 Å². The van der Waals surface area contributed by atoms with Gasteiger partial charge in [-0.1, -0.05) is 13.0 Å². The Morgan fingerprint density at radius 2 is 2.22 bits per heavy atom. The van der Waals surface area contributed by atoms with Crippen LogP contribution in [0.3, 0.4) is 0 Å². The first-order valence-electron chi connectivity index (χ1n) is 6.02. The van der Waals surface area contributed by atoms with Gasteiger partial charge in [0.2, 0.25) is 0 Å². The average molecular weight is 252 g/mol. The third kappa shape index (κ3) is 4.25. The van der Waals surface area contributed by atoms with Gasteiger partial charge in [0.15, 0.2) is 0 Å². The number of hydrogen-bond donors (Lipinski definition) is 2. The molecule has 2 N–H and O–H groups in total. The van der Waals surface area contributed by atoms with Gasteiger partial charge in [-0.25, -0.2) is 4.79 Å². The summed E-state index contributed by atoms with van der Waals surface area (Å²) in [6, 6.07) is 6.96. The number of carbonyl (C=O) groups is 1. The Labute approximate surface area is 107 Å². The van der Waals surface area contributed by atoms with Crippen molar-refractivity contribution in [1.29, 1.82) is 0 Å². The van der Waals surface area contributed by atoms with Crippen LogP contribution in [0.1, 0.15) is 13.3 Å². The van der Waals surface area contributed by atoms with E-state index in [1.807, 2.05) is 19.1 Å². The SMILES string of the molecule is CCCN(CCO)C(=O)Nc1cccc(OC)c1. The number of anilines is 1. The van der Waals surface area contributed by atoms with Crippen LogP contribution in [0.2, 0.25) is 0 Å². The number of aliphatic hydroxyl groups is 1. The standard InChI is InChI=1S/C13H20N2O3/c1-3-7-15(8-9-16)13(17)14-11-5-4-6-12(10-11)18-2/h4-6,10,16H,3,7-9H2,1-2H3,(H,14,17). The van der Waals surface area contributed by atoms with Crippen LogP contribution in [0.5, 0.6) is 5.75 Å². The van der Waals surface area contributed by atoms with Crippen molar-refractivity contribution in [3.05, 3.63) is 24.3 Å². The maximum Gasteiger partial charge on any atom is 0.321 e. The second-order valence-electron chi connectivity index (χ2n) is 3.87. The molecule has 0 radical (unpaired) electrons. The van der Waals surface area contributed by atoms with E-state index in [-0.39, 0.29) is 12.6 Å². The fourth-order valence-electron chi connectivity index (χ4n) is 1.61. The summed E-state index contributed by atoms with van der Waals surface area (Å²) in [7, 11) is 1.58. The molecular weight excluding hydrogens is 232 g/mol. The van der Waals surface area contributed by atoms with Crippen LogP contribution in [-0.2, 0) is 0 Å². The lowest BCUT2D eigenvalue weighted by molar-refractivity contribution is 0.188. The van der Waals surface area contributed by atoms with E-state index in [0.717, 1.165) is 6.42 Å². The second kappa shape index (κ2) is 7.55. The zero-order valence-electron chi connectivity index (χ0n) is 10.8. The lowest BCUT2D eigenvalue weighted by Gasteiger charge is -2.21. The summed E-state index contributed by atoms with van der Waals surface area (Å²) in [4.78, 5) is 13.5.